The van der Waals surface area contributed by atoms with Gasteiger partial charge in [0.15, 0.2) is 5.96 Å². The third-order valence-electron chi connectivity index (χ3n) is 6.77. The number of ether oxygens (including phenoxy) is 1. The van der Waals surface area contributed by atoms with Crippen molar-refractivity contribution >= 4 is 17.8 Å². The predicted octanol–water partition coefficient (Wildman–Crippen LogP) is 2.77. The van der Waals surface area contributed by atoms with Crippen molar-refractivity contribution in [3.8, 4) is 11.1 Å². The first kappa shape index (κ1) is 26.2. The van der Waals surface area contributed by atoms with Gasteiger partial charge >= 0.3 is 5.97 Å². The Kier molecular flexibility index (Phi) is 9.25. The molecule has 0 bridgehead atoms. The van der Waals surface area contributed by atoms with E-state index in [1.165, 1.54) is 7.11 Å². The lowest BCUT2D eigenvalue weighted by atomic mass is 9.85. The highest BCUT2D eigenvalue weighted by Crippen LogP contribution is 2.26. The molecular formula is C27H37N5O3. The van der Waals surface area contributed by atoms with E-state index in [-0.39, 0.29) is 23.8 Å². The van der Waals surface area contributed by atoms with Gasteiger partial charge in [-0.2, -0.15) is 0 Å². The normalized spacial score (nSPS) is 18.0. The molecule has 2 unspecified atom stereocenters. The lowest BCUT2D eigenvalue weighted by molar-refractivity contribution is -0.147. The second-order valence-electron chi connectivity index (χ2n) is 9.15. The Hall–Kier alpha value is -3.39. The number of esters is 1. The van der Waals surface area contributed by atoms with Crippen molar-refractivity contribution in [2.75, 3.05) is 27.2 Å². The van der Waals surface area contributed by atoms with Gasteiger partial charge in [-0.3, -0.25) is 14.6 Å². The number of nitrogens with two attached hydrogens (primary N) is 2. The van der Waals surface area contributed by atoms with Crippen molar-refractivity contribution < 1.29 is 14.3 Å². The number of aliphatic imine (C=N–C) groups is 1. The lowest BCUT2D eigenvalue weighted by Gasteiger charge is -2.35. The van der Waals surface area contributed by atoms with Crippen LogP contribution in [0.5, 0.6) is 0 Å². The number of hydrogen-bond acceptors (Lipinski definition) is 5. The monoisotopic (exact) mass is 479 g/mol. The van der Waals surface area contributed by atoms with Crippen LogP contribution < -0.4 is 16.8 Å². The fraction of sp³-hybridized carbons (Fsp3) is 0.444. The van der Waals surface area contributed by atoms with E-state index in [0.29, 0.717) is 24.5 Å². The van der Waals surface area contributed by atoms with Crippen LogP contribution in [0, 0.1) is 11.8 Å². The van der Waals surface area contributed by atoms with Crippen LogP contribution in [0.1, 0.15) is 42.1 Å². The van der Waals surface area contributed by atoms with Gasteiger partial charge in [0.25, 0.3) is 5.91 Å². The number of piperidine rings is 1. The summed E-state index contributed by atoms with van der Waals surface area (Å²) in [6.45, 7) is 3.94. The number of nitrogens with one attached hydrogen (secondary N) is 1. The number of benzene rings is 2. The summed E-state index contributed by atoms with van der Waals surface area (Å²) in [5.41, 5.74) is 15.4. The van der Waals surface area contributed by atoms with Crippen molar-refractivity contribution in [2.24, 2.45) is 28.3 Å². The smallest absolute Gasteiger partial charge is 0.310 e. The van der Waals surface area contributed by atoms with Gasteiger partial charge in [0, 0.05) is 38.3 Å². The molecule has 0 radical (unpaired) electrons. The minimum absolute atomic E-state index is 0.221. The van der Waals surface area contributed by atoms with Gasteiger partial charge in [0.2, 0.25) is 0 Å². The zero-order valence-electron chi connectivity index (χ0n) is 20.9. The number of rotatable bonds is 8. The second kappa shape index (κ2) is 12.4. The summed E-state index contributed by atoms with van der Waals surface area (Å²) >= 11 is 0. The van der Waals surface area contributed by atoms with Gasteiger partial charge in [0.05, 0.1) is 13.0 Å². The van der Waals surface area contributed by atoms with Gasteiger partial charge in [-0.1, -0.05) is 30.3 Å². The summed E-state index contributed by atoms with van der Waals surface area (Å²) in [4.78, 5) is 31.7. The van der Waals surface area contributed by atoms with Gasteiger partial charge < -0.3 is 26.4 Å². The molecule has 0 aliphatic carbocycles. The molecule has 1 saturated heterocycles. The van der Waals surface area contributed by atoms with Crippen LogP contribution in [-0.4, -0.2) is 56.0 Å². The summed E-state index contributed by atoms with van der Waals surface area (Å²) in [7, 11) is 3.06. The lowest BCUT2D eigenvalue weighted by Crippen LogP contribution is -2.47. The topological polar surface area (TPSA) is 123 Å². The first-order valence-electron chi connectivity index (χ1n) is 12.1. The standard InChI is InChI=1S/C27H37N5O3/c1-18(24(26(34)35-3)15-20-7-5-13-32(17-20)27(29)30-2)31-25(33)22-11-9-21(10-12-22)23-8-4-6-19(14-23)16-28/h4,6,8-12,14,18,20,24H,5,7,13,15-17,28H2,1-3H3,(H2,29,30)(H,31,33)/t18-,20?,24?/m1/s1. The number of likely N-dealkylation sites (tertiary alicyclic amines) is 1. The van der Waals surface area contributed by atoms with E-state index >= 15 is 0 Å². The molecule has 0 aromatic heterocycles. The number of nitrogens with zero attached hydrogens (tertiary/aromatic N) is 2. The number of guanidine groups is 1. The van der Waals surface area contributed by atoms with Crippen LogP contribution >= 0.6 is 0 Å². The molecule has 188 valence electrons. The molecule has 1 heterocycles. The molecule has 0 spiro atoms. The number of carbonyl (C=O) groups excluding carboxylic acids is 2. The maximum Gasteiger partial charge on any atom is 0.310 e. The molecule has 5 N–H and O–H groups in total. The maximum atomic E-state index is 13.0. The molecule has 2 aromatic carbocycles. The average Bonchev–Trinajstić information content (AvgIpc) is 2.90. The third kappa shape index (κ3) is 6.82. The molecule has 3 atom stereocenters. The maximum absolute atomic E-state index is 13.0. The van der Waals surface area contributed by atoms with Crippen molar-refractivity contribution in [3.63, 3.8) is 0 Å². The Bertz CT molecular complexity index is 1040. The summed E-state index contributed by atoms with van der Waals surface area (Å²) in [6, 6.07) is 15.1. The zero-order valence-corrected chi connectivity index (χ0v) is 20.9. The quantitative estimate of drug-likeness (QED) is 0.304. The number of carbonyl (C=O) groups is 2. The van der Waals surface area contributed by atoms with Crippen LogP contribution in [0.3, 0.4) is 0 Å². The zero-order chi connectivity index (χ0) is 25.4. The molecule has 8 heteroatoms. The minimum atomic E-state index is -0.452. The van der Waals surface area contributed by atoms with Gasteiger partial charge in [-0.25, -0.2) is 0 Å². The number of amides is 1. The first-order chi connectivity index (χ1) is 16.9. The Morgan fingerprint density at radius 2 is 1.94 bits per heavy atom. The fourth-order valence-corrected chi connectivity index (χ4v) is 4.70. The van der Waals surface area contributed by atoms with E-state index in [0.717, 1.165) is 42.6 Å². The summed E-state index contributed by atoms with van der Waals surface area (Å²) < 4.78 is 5.08. The van der Waals surface area contributed by atoms with Crippen LogP contribution in [0.2, 0.25) is 0 Å². The summed E-state index contributed by atoms with van der Waals surface area (Å²) in [6.07, 6.45) is 2.59. The second-order valence-corrected chi connectivity index (χ2v) is 9.15. The minimum Gasteiger partial charge on any atom is -0.469 e. The van der Waals surface area contributed by atoms with Crippen molar-refractivity contribution in [1.29, 1.82) is 0 Å². The van der Waals surface area contributed by atoms with Gasteiger partial charge in [-0.05, 0) is 67.0 Å². The molecule has 8 nitrogen and oxygen atoms in total. The molecule has 1 fully saturated rings. The van der Waals surface area contributed by atoms with E-state index in [1.54, 1.807) is 19.2 Å². The molecule has 1 aliphatic rings. The number of hydrogen-bond donors (Lipinski definition) is 3. The van der Waals surface area contributed by atoms with Crippen LogP contribution in [0.25, 0.3) is 11.1 Å². The molecule has 1 amide bonds. The van der Waals surface area contributed by atoms with E-state index in [2.05, 4.69) is 15.2 Å². The Morgan fingerprint density at radius 3 is 2.60 bits per heavy atom. The van der Waals surface area contributed by atoms with Crippen LogP contribution in [-0.2, 0) is 16.1 Å². The Morgan fingerprint density at radius 1 is 1.20 bits per heavy atom. The van der Waals surface area contributed by atoms with Gasteiger partial charge in [-0.15, -0.1) is 0 Å². The van der Waals surface area contributed by atoms with E-state index in [9.17, 15) is 9.59 Å². The largest absolute Gasteiger partial charge is 0.469 e. The summed E-state index contributed by atoms with van der Waals surface area (Å²) in [5.74, 6) is -0.213. The van der Waals surface area contributed by atoms with E-state index < -0.39 is 5.92 Å². The highest BCUT2D eigenvalue weighted by atomic mass is 16.5. The highest BCUT2D eigenvalue weighted by molar-refractivity contribution is 5.95. The summed E-state index contributed by atoms with van der Waals surface area (Å²) in [5, 5.41) is 3.01. The fourth-order valence-electron chi connectivity index (χ4n) is 4.70. The Labute approximate surface area is 207 Å². The number of methoxy groups -OCH3 is 1. The van der Waals surface area contributed by atoms with Gasteiger partial charge in [0.1, 0.15) is 0 Å². The van der Waals surface area contributed by atoms with Crippen molar-refractivity contribution in [1.82, 2.24) is 10.2 Å². The highest BCUT2D eigenvalue weighted by Gasteiger charge is 2.32. The SMILES string of the molecule is CN=C(N)N1CCCC(CC(C(=O)OC)[C@@H](C)NC(=O)c2ccc(-c3cccc(CN)c3)cc2)C1. The van der Waals surface area contributed by atoms with Crippen molar-refractivity contribution in [2.45, 2.75) is 38.8 Å². The molecule has 2 aromatic rings. The van der Waals surface area contributed by atoms with E-state index in [1.807, 2.05) is 43.3 Å². The molecule has 3 rings (SSSR count). The van der Waals surface area contributed by atoms with E-state index in [4.69, 9.17) is 16.2 Å². The van der Waals surface area contributed by atoms with Crippen molar-refractivity contribution in [3.05, 3.63) is 59.7 Å². The average molecular weight is 480 g/mol. The third-order valence-corrected chi connectivity index (χ3v) is 6.77. The van der Waals surface area contributed by atoms with Crippen LogP contribution in [0.15, 0.2) is 53.5 Å². The molecular weight excluding hydrogens is 442 g/mol. The molecule has 1 aliphatic heterocycles. The molecule has 35 heavy (non-hydrogen) atoms. The molecule has 0 saturated carbocycles. The predicted molar refractivity (Wildman–Crippen MR) is 139 cm³/mol. The Balaban J connectivity index is 1.66. The van der Waals surface area contributed by atoms with Crippen LogP contribution in [0.4, 0.5) is 0 Å². The first-order valence-corrected chi connectivity index (χ1v) is 12.1.